The second-order valence-corrected chi connectivity index (χ2v) is 7.21. The molecule has 1 fully saturated rings. The molecule has 1 saturated heterocycles. The maximum Gasteiger partial charge on any atom is 0.257 e. The zero-order chi connectivity index (χ0) is 20.3. The van der Waals surface area contributed by atoms with Crippen LogP contribution in [0.1, 0.15) is 41.0 Å². The molecule has 9 nitrogen and oxygen atoms in total. The van der Waals surface area contributed by atoms with Crippen molar-refractivity contribution in [3.63, 3.8) is 0 Å². The Morgan fingerprint density at radius 3 is 2.71 bits per heavy atom. The van der Waals surface area contributed by atoms with Gasteiger partial charge in [0.25, 0.3) is 11.8 Å². The molecule has 1 unspecified atom stereocenters. The van der Waals surface area contributed by atoms with Crippen molar-refractivity contribution in [3.8, 4) is 12.3 Å². The van der Waals surface area contributed by atoms with Crippen molar-refractivity contribution >= 4 is 11.8 Å². The van der Waals surface area contributed by atoms with Crippen LogP contribution in [0.4, 0.5) is 0 Å². The molecule has 3 rings (SSSR count). The van der Waals surface area contributed by atoms with E-state index in [0.717, 1.165) is 5.69 Å². The summed E-state index contributed by atoms with van der Waals surface area (Å²) in [6, 6.07) is 0. The number of morpholine rings is 1. The van der Waals surface area contributed by atoms with E-state index in [1.54, 1.807) is 9.58 Å². The Balaban J connectivity index is 1.52. The number of carbonyl (C=O) groups is 2. The predicted molar refractivity (Wildman–Crippen MR) is 102 cm³/mol. The average molecular weight is 386 g/mol. The minimum atomic E-state index is -0.690. The summed E-state index contributed by atoms with van der Waals surface area (Å²) in [7, 11) is 1.81. The van der Waals surface area contributed by atoms with Gasteiger partial charge in [-0.05, 0) is 13.8 Å². The topological polar surface area (TPSA) is 101 Å². The molecule has 0 spiro atoms. The molecule has 1 aromatic heterocycles. The van der Waals surface area contributed by atoms with Crippen LogP contribution in [0.5, 0.6) is 0 Å². The first-order valence-electron chi connectivity index (χ1n) is 9.43. The number of amides is 2. The van der Waals surface area contributed by atoms with Gasteiger partial charge in [0.1, 0.15) is 0 Å². The highest BCUT2D eigenvalue weighted by molar-refractivity contribution is 5.97. The van der Waals surface area contributed by atoms with Crippen molar-refractivity contribution < 1.29 is 14.3 Å². The first-order chi connectivity index (χ1) is 13.4. The molecule has 1 aromatic rings. The smallest absolute Gasteiger partial charge is 0.257 e. The van der Waals surface area contributed by atoms with Gasteiger partial charge in [-0.3, -0.25) is 14.3 Å². The van der Waals surface area contributed by atoms with E-state index in [0.29, 0.717) is 50.2 Å². The molecule has 1 atom stereocenters. The van der Waals surface area contributed by atoms with E-state index in [4.69, 9.17) is 11.2 Å². The average Bonchev–Trinajstić information content (AvgIpc) is 3.40. The highest BCUT2D eigenvalue weighted by atomic mass is 16.5. The number of terminal acetylenes is 1. The molecule has 28 heavy (non-hydrogen) atoms. The fraction of sp³-hybridized carbons (Fsp3) is 0.632. The van der Waals surface area contributed by atoms with Crippen molar-refractivity contribution in [1.82, 2.24) is 20.0 Å². The van der Waals surface area contributed by atoms with Crippen LogP contribution in [-0.4, -0.2) is 64.5 Å². The van der Waals surface area contributed by atoms with Gasteiger partial charge in [0, 0.05) is 45.1 Å². The van der Waals surface area contributed by atoms with Gasteiger partial charge in [-0.25, -0.2) is 0 Å². The molecule has 0 bridgehead atoms. The Bertz CT molecular complexity index is 831. The van der Waals surface area contributed by atoms with Gasteiger partial charge in [-0.2, -0.15) is 15.3 Å². The summed E-state index contributed by atoms with van der Waals surface area (Å²) in [5.74, 6) is 2.23. The van der Waals surface area contributed by atoms with Gasteiger partial charge >= 0.3 is 0 Å². The largest absolute Gasteiger partial charge is 0.365 e. The van der Waals surface area contributed by atoms with Gasteiger partial charge in [0.15, 0.2) is 11.8 Å². The molecule has 2 amide bonds. The van der Waals surface area contributed by atoms with Gasteiger partial charge in [-0.1, -0.05) is 0 Å². The van der Waals surface area contributed by atoms with E-state index in [2.05, 4.69) is 26.6 Å². The quantitative estimate of drug-likeness (QED) is 0.705. The molecule has 0 aliphatic carbocycles. The fourth-order valence-electron chi connectivity index (χ4n) is 3.40. The van der Waals surface area contributed by atoms with Gasteiger partial charge in [0.05, 0.1) is 24.4 Å². The maximum absolute atomic E-state index is 12.9. The normalized spacial score (nSPS) is 19.9. The molecular formula is C19H26N6O3. The summed E-state index contributed by atoms with van der Waals surface area (Å²) >= 11 is 0. The third kappa shape index (κ3) is 4.22. The van der Waals surface area contributed by atoms with E-state index in [9.17, 15) is 9.59 Å². The Morgan fingerprint density at radius 2 is 2.11 bits per heavy atom. The molecule has 0 saturated carbocycles. The zero-order valence-corrected chi connectivity index (χ0v) is 16.6. The summed E-state index contributed by atoms with van der Waals surface area (Å²) in [4.78, 5) is 27.1. The van der Waals surface area contributed by atoms with Crippen molar-refractivity contribution in [3.05, 3.63) is 17.0 Å². The number of rotatable bonds is 7. The summed E-state index contributed by atoms with van der Waals surface area (Å²) < 4.78 is 7.28. The summed E-state index contributed by atoms with van der Waals surface area (Å²) in [6.07, 6.45) is 6.51. The monoisotopic (exact) mass is 386 g/mol. The molecule has 150 valence electrons. The Labute approximate surface area is 164 Å². The fourth-order valence-corrected chi connectivity index (χ4v) is 3.40. The lowest BCUT2D eigenvalue weighted by atomic mass is 10.0. The molecule has 0 radical (unpaired) electrons. The van der Waals surface area contributed by atoms with Crippen molar-refractivity contribution in [2.45, 2.75) is 44.9 Å². The number of nitrogens with zero attached hydrogens (tertiary/aromatic N) is 5. The summed E-state index contributed by atoms with van der Waals surface area (Å²) in [5.41, 5.74) is 1.66. The zero-order valence-electron chi connectivity index (χ0n) is 16.6. The number of aromatic nitrogens is 2. The van der Waals surface area contributed by atoms with Crippen molar-refractivity contribution in [2.24, 2.45) is 17.3 Å². The molecule has 2 aliphatic rings. The van der Waals surface area contributed by atoms with E-state index < -0.39 is 11.8 Å². The molecule has 0 aromatic carbocycles. The molecule has 1 N–H and O–H groups in total. The van der Waals surface area contributed by atoms with Crippen LogP contribution in [0, 0.1) is 26.2 Å². The number of ether oxygens (including phenoxy) is 1. The lowest BCUT2D eigenvalue weighted by Gasteiger charge is -2.32. The second-order valence-electron chi connectivity index (χ2n) is 7.21. The van der Waals surface area contributed by atoms with Crippen LogP contribution in [0.2, 0.25) is 0 Å². The van der Waals surface area contributed by atoms with Crippen LogP contribution in [0.15, 0.2) is 10.2 Å². The van der Waals surface area contributed by atoms with Crippen LogP contribution < -0.4 is 5.32 Å². The summed E-state index contributed by atoms with van der Waals surface area (Å²) in [5, 5.41) is 15.3. The number of aryl methyl sites for hydroxylation is 2. The highest BCUT2D eigenvalue weighted by Gasteiger charge is 2.39. The minimum absolute atomic E-state index is 0.118. The SMILES string of the molecule is C#CCCC1(CCNC(=O)C2CN(C(=O)c3c(C)nn(C)c3C)CCO2)N=N1. The Hall–Kier alpha value is -2.73. The van der Waals surface area contributed by atoms with E-state index >= 15 is 0 Å². The van der Waals surface area contributed by atoms with Crippen molar-refractivity contribution in [1.29, 1.82) is 0 Å². The first kappa shape index (κ1) is 20.0. The third-order valence-corrected chi connectivity index (χ3v) is 5.25. The van der Waals surface area contributed by atoms with E-state index in [1.807, 2.05) is 20.9 Å². The molecule has 2 aliphatic heterocycles. The van der Waals surface area contributed by atoms with Crippen LogP contribution in [-0.2, 0) is 16.6 Å². The number of carbonyl (C=O) groups excluding carboxylic acids is 2. The molecular weight excluding hydrogens is 360 g/mol. The Kier molecular flexibility index (Phi) is 5.79. The van der Waals surface area contributed by atoms with Crippen LogP contribution in [0.3, 0.4) is 0 Å². The van der Waals surface area contributed by atoms with Crippen molar-refractivity contribution in [2.75, 3.05) is 26.2 Å². The van der Waals surface area contributed by atoms with Crippen LogP contribution in [0.25, 0.3) is 0 Å². The van der Waals surface area contributed by atoms with Gasteiger partial charge in [0.2, 0.25) is 0 Å². The highest BCUT2D eigenvalue weighted by Crippen LogP contribution is 2.36. The summed E-state index contributed by atoms with van der Waals surface area (Å²) in [6.45, 7) is 5.10. The number of nitrogens with one attached hydrogen (secondary N) is 1. The number of hydrogen-bond acceptors (Lipinski definition) is 6. The Morgan fingerprint density at radius 1 is 1.36 bits per heavy atom. The second kappa shape index (κ2) is 8.10. The van der Waals surface area contributed by atoms with Crippen LogP contribution >= 0.6 is 0 Å². The van der Waals surface area contributed by atoms with Gasteiger partial charge in [-0.15, -0.1) is 12.3 Å². The number of hydrogen-bond donors (Lipinski definition) is 1. The third-order valence-electron chi connectivity index (χ3n) is 5.25. The predicted octanol–water partition coefficient (Wildman–Crippen LogP) is 0.960. The standard InChI is InChI=1S/C19H26N6O3/c1-5-6-7-19(22-23-19)8-9-20-17(26)15-12-25(10-11-28-15)18(27)16-13(2)21-24(4)14(16)3/h1,15H,6-12H2,2-4H3,(H,20,26). The molecule has 9 heteroatoms. The lowest BCUT2D eigenvalue weighted by Crippen LogP contribution is -2.52. The lowest BCUT2D eigenvalue weighted by molar-refractivity contribution is -0.137. The van der Waals surface area contributed by atoms with E-state index in [-0.39, 0.29) is 18.4 Å². The van der Waals surface area contributed by atoms with E-state index in [1.165, 1.54) is 0 Å². The first-order valence-corrected chi connectivity index (χ1v) is 9.43. The minimum Gasteiger partial charge on any atom is -0.365 e. The maximum atomic E-state index is 12.9. The molecule has 3 heterocycles. The van der Waals surface area contributed by atoms with Gasteiger partial charge < -0.3 is 15.0 Å².